The summed E-state index contributed by atoms with van der Waals surface area (Å²) in [7, 11) is 0. The SMILES string of the molecule is C=CCN(C(=O)C1N([C@H](CO)c2ccccc2)C(=O)[C@@H]2[C@@H](C(=O)OCC)[C@@]3(CC)CCC12O3)C(C)(C)C. The van der Waals surface area contributed by atoms with E-state index < -0.39 is 46.6 Å². The zero-order valence-corrected chi connectivity index (χ0v) is 22.6. The van der Waals surface area contributed by atoms with Gasteiger partial charge in [-0.1, -0.05) is 43.3 Å². The number of rotatable bonds is 9. The van der Waals surface area contributed by atoms with E-state index in [1.54, 1.807) is 17.9 Å². The molecule has 4 rings (SSSR count). The summed E-state index contributed by atoms with van der Waals surface area (Å²) in [5.74, 6) is -2.75. The van der Waals surface area contributed by atoms with E-state index in [1.807, 2.05) is 58.0 Å². The van der Waals surface area contributed by atoms with Gasteiger partial charge in [0.2, 0.25) is 11.8 Å². The molecule has 3 aliphatic rings. The van der Waals surface area contributed by atoms with Gasteiger partial charge in [0.1, 0.15) is 17.6 Å². The summed E-state index contributed by atoms with van der Waals surface area (Å²) in [5.41, 5.74) is -1.89. The third kappa shape index (κ3) is 4.09. The second kappa shape index (κ2) is 9.87. The molecule has 3 fully saturated rings. The normalized spacial score (nSPS) is 31.2. The van der Waals surface area contributed by atoms with Crippen molar-refractivity contribution in [1.82, 2.24) is 9.80 Å². The number of hydrogen-bond donors (Lipinski definition) is 1. The average molecular weight is 513 g/mol. The second-order valence-corrected chi connectivity index (χ2v) is 11.3. The molecule has 1 aromatic carbocycles. The van der Waals surface area contributed by atoms with Crippen LogP contribution < -0.4 is 0 Å². The number of nitrogens with zero attached hydrogens (tertiary/aromatic N) is 2. The fraction of sp³-hybridized carbons (Fsp3) is 0.621. The Balaban J connectivity index is 1.91. The summed E-state index contributed by atoms with van der Waals surface area (Å²) in [6.45, 7) is 13.4. The summed E-state index contributed by atoms with van der Waals surface area (Å²) in [4.78, 5) is 45.5. The van der Waals surface area contributed by atoms with E-state index in [9.17, 15) is 19.5 Å². The number of aliphatic hydroxyl groups excluding tert-OH is 1. The Labute approximate surface area is 219 Å². The molecule has 3 aliphatic heterocycles. The van der Waals surface area contributed by atoms with Gasteiger partial charge in [-0.25, -0.2) is 0 Å². The van der Waals surface area contributed by atoms with Crippen molar-refractivity contribution in [2.24, 2.45) is 11.8 Å². The topological polar surface area (TPSA) is 96.4 Å². The number of fused-ring (bicyclic) bond motifs is 1. The van der Waals surface area contributed by atoms with Crippen molar-refractivity contribution >= 4 is 17.8 Å². The molecule has 8 heteroatoms. The highest BCUT2D eigenvalue weighted by molar-refractivity contribution is 5.99. The third-order valence-corrected chi connectivity index (χ3v) is 8.47. The maximum atomic E-state index is 14.5. The van der Waals surface area contributed by atoms with E-state index in [0.717, 1.165) is 0 Å². The van der Waals surface area contributed by atoms with Crippen LogP contribution in [0.4, 0.5) is 0 Å². The van der Waals surface area contributed by atoms with Crippen LogP contribution in [-0.2, 0) is 23.9 Å². The highest BCUT2D eigenvalue weighted by Gasteiger charge is 2.79. The van der Waals surface area contributed by atoms with Crippen molar-refractivity contribution < 1.29 is 29.0 Å². The van der Waals surface area contributed by atoms with Crippen LogP contribution in [-0.4, -0.2) is 75.2 Å². The Hall–Kier alpha value is -2.71. The van der Waals surface area contributed by atoms with Crippen LogP contribution in [0.15, 0.2) is 43.0 Å². The maximum absolute atomic E-state index is 14.5. The molecule has 0 aliphatic carbocycles. The van der Waals surface area contributed by atoms with E-state index in [-0.39, 0.29) is 31.6 Å². The van der Waals surface area contributed by atoms with Gasteiger partial charge in [0.05, 0.1) is 30.8 Å². The summed E-state index contributed by atoms with van der Waals surface area (Å²) >= 11 is 0. The zero-order chi connectivity index (χ0) is 27.2. The molecule has 0 saturated carbocycles. The fourth-order valence-electron chi connectivity index (χ4n) is 6.86. The van der Waals surface area contributed by atoms with Crippen molar-refractivity contribution in [3.05, 3.63) is 48.6 Å². The van der Waals surface area contributed by atoms with Gasteiger partial charge >= 0.3 is 5.97 Å². The number of esters is 1. The van der Waals surface area contributed by atoms with Crippen molar-refractivity contribution in [3.63, 3.8) is 0 Å². The van der Waals surface area contributed by atoms with Gasteiger partial charge < -0.3 is 24.4 Å². The monoisotopic (exact) mass is 512 g/mol. The van der Waals surface area contributed by atoms with Crippen LogP contribution in [0.25, 0.3) is 0 Å². The minimum absolute atomic E-state index is 0.190. The predicted molar refractivity (Wildman–Crippen MR) is 138 cm³/mol. The lowest BCUT2D eigenvalue weighted by molar-refractivity contribution is -0.164. The third-order valence-electron chi connectivity index (χ3n) is 8.47. The molecule has 2 amide bonds. The van der Waals surface area contributed by atoms with Gasteiger partial charge in [-0.05, 0) is 52.5 Å². The van der Waals surface area contributed by atoms with Crippen LogP contribution >= 0.6 is 0 Å². The van der Waals surface area contributed by atoms with Crippen molar-refractivity contribution in [3.8, 4) is 0 Å². The lowest BCUT2D eigenvalue weighted by atomic mass is 9.65. The molecule has 1 N–H and O–H groups in total. The molecule has 0 aromatic heterocycles. The van der Waals surface area contributed by atoms with Gasteiger partial charge in [0.25, 0.3) is 0 Å². The molecule has 202 valence electrons. The van der Waals surface area contributed by atoms with Gasteiger partial charge in [0.15, 0.2) is 0 Å². The lowest BCUT2D eigenvalue weighted by Gasteiger charge is -2.43. The maximum Gasteiger partial charge on any atom is 0.312 e. The highest BCUT2D eigenvalue weighted by atomic mass is 16.6. The van der Waals surface area contributed by atoms with E-state index in [1.165, 1.54) is 4.90 Å². The molecule has 0 radical (unpaired) electrons. The van der Waals surface area contributed by atoms with Crippen LogP contribution in [0.1, 0.15) is 65.5 Å². The molecule has 8 nitrogen and oxygen atoms in total. The first-order chi connectivity index (χ1) is 17.5. The molecule has 3 saturated heterocycles. The standard InChI is InChI=1S/C29H40N2O6/c1-7-17-30(27(4,5)6)25(34)23-29-16-15-28(8-2,37-29)22(26(35)36-9-3)21(29)24(33)31(23)20(18-32)19-13-11-10-12-14-19/h7,10-14,20-23,32H,1,8-9,15-18H2,2-6H3/t20-,21+,22+,23?,28-,29?/m1/s1. The highest BCUT2D eigenvalue weighted by Crippen LogP contribution is 2.65. The number of carbonyl (C=O) groups excluding carboxylic acids is 3. The van der Waals surface area contributed by atoms with E-state index in [2.05, 4.69) is 6.58 Å². The van der Waals surface area contributed by atoms with Gasteiger partial charge in [-0.15, -0.1) is 6.58 Å². The molecule has 3 heterocycles. The first-order valence-electron chi connectivity index (χ1n) is 13.3. The second-order valence-electron chi connectivity index (χ2n) is 11.3. The molecule has 1 aromatic rings. The first kappa shape index (κ1) is 27.3. The summed E-state index contributed by atoms with van der Waals surface area (Å²) in [6, 6.07) is 7.43. The largest absolute Gasteiger partial charge is 0.466 e. The summed E-state index contributed by atoms with van der Waals surface area (Å²) in [6.07, 6.45) is 3.22. The molecular formula is C29H40N2O6. The van der Waals surface area contributed by atoms with E-state index in [0.29, 0.717) is 24.8 Å². The first-order valence-corrected chi connectivity index (χ1v) is 13.3. The van der Waals surface area contributed by atoms with Gasteiger partial charge in [0, 0.05) is 12.1 Å². The minimum Gasteiger partial charge on any atom is -0.466 e. The Bertz CT molecular complexity index is 1050. The minimum atomic E-state index is -1.19. The van der Waals surface area contributed by atoms with E-state index in [4.69, 9.17) is 9.47 Å². The number of likely N-dealkylation sites (tertiary alicyclic amines) is 1. The number of aliphatic hydroxyl groups is 1. The number of benzene rings is 1. The molecule has 6 atom stereocenters. The molecule has 2 unspecified atom stereocenters. The molecule has 2 bridgehead atoms. The average Bonchev–Trinajstić information content (AvgIpc) is 3.47. The fourth-order valence-corrected chi connectivity index (χ4v) is 6.86. The number of hydrogen-bond acceptors (Lipinski definition) is 6. The van der Waals surface area contributed by atoms with Crippen LogP contribution in [0.3, 0.4) is 0 Å². The van der Waals surface area contributed by atoms with Gasteiger partial charge in [-0.2, -0.15) is 0 Å². The van der Waals surface area contributed by atoms with Crippen molar-refractivity contribution in [2.45, 2.75) is 82.7 Å². The Morgan fingerprint density at radius 1 is 1.27 bits per heavy atom. The van der Waals surface area contributed by atoms with Crippen LogP contribution in [0.2, 0.25) is 0 Å². The van der Waals surface area contributed by atoms with Crippen LogP contribution in [0, 0.1) is 11.8 Å². The molecule has 1 spiro atoms. The summed E-state index contributed by atoms with van der Waals surface area (Å²) < 4.78 is 12.2. The molecular weight excluding hydrogens is 472 g/mol. The number of amides is 2. The Morgan fingerprint density at radius 2 is 1.95 bits per heavy atom. The predicted octanol–water partition coefficient (Wildman–Crippen LogP) is 3.25. The lowest BCUT2D eigenvalue weighted by Crippen LogP contribution is -2.60. The summed E-state index contributed by atoms with van der Waals surface area (Å²) in [5, 5.41) is 10.6. The van der Waals surface area contributed by atoms with Crippen molar-refractivity contribution in [2.75, 3.05) is 19.8 Å². The zero-order valence-electron chi connectivity index (χ0n) is 22.6. The molecule has 37 heavy (non-hydrogen) atoms. The van der Waals surface area contributed by atoms with Crippen molar-refractivity contribution in [1.29, 1.82) is 0 Å². The quantitative estimate of drug-likeness (QED) is 0.403. The Morgan fingerprint density at radius 3 is 2.49 bits per heavy atom. The Kier molecular flexibility index (Phi) is 7.29. The number of ether oxygens (including phenoxy) is 2. The smallest absolute Gasteiger partial charge is 0.312 e. The number of carbonyl (C=O) groups is 3. The van der Waals surface area contributed by atoms with Crippen LogP contribution in [0.5, 0.6) is 0 Å². The van der Waals surface area contributed by atoms with E-state index >= 15 is 0 Å². The van der Waals surface area contributed by atoms with Gasteiger partial charge in [-0.3, -0.25) is 14.4 Å².